The summed E-state index contributed by atoms with van der Waals surface area (Å²) in [4.78, 5) is 0. The lowest BCUT2D eigenvalue weighted by Crippen LogP contribution is -2.32. The number of hydrogen-bond donors (Lipinski definition) is 0. The lowest BCUT2D eigenvalue weighted by molar-refractivity contribution is 0.157. The fourth-order valence-corrected chi connectivity index (χ4v) is 1.14. The van der Waals surface area contributed by atoms with Crippen molar-refractivity contribution >= 4 is 0 Å². The van der Waals surface area contributed by atoms with E-state index in [9.17, 15) is 0 Å². The standard InChI is InChI=1S/C10H16/c1-9(2)7-5-6-8-10(9,3)4/h5,7H2,1-4H3. The second kappa shape index (κ2) is 2.02. The summed E-state index contributed by atoms with van der Waals surface area (Å²) in [5.41, 5.74) is 0.615. The number of hydrogen-bond acceptors (Lipinski definition) is 0. The van der Waals surface area contributed by atoms with Gasteiger partial charge < -0.3 is 0 Å². The molecule has 1 aliphatic rings. The predicted octanol–water partition coefficient (Wildman–Crippen LogP) is 2.84. The van der Waals surface area contributed by atoms with E-state index >= 15 is 0 Å². The van der Waals surface area contributed by atoms with Gasteiger partial charge >= 0.3 is 0 Å². The molecule has 0 spiro atoms. The predicted molar refractivity (Wildman–Crippen MR) is 44.6 cm³/mol. The van der Waals surface area contributed by atoms with E-state index in [0.29, 0.717) is 5.41 Å². The van der Waals surface area contributed by atoms with Crippen LogP contribution in [0.4, 0.5) is 0 Å². The molecular formula is C10H16. The first kappa shape index (κ1) is 7.66. The molecule has 0 aromatic heterocycles. The first-order valence-electron chi connectivity index (χ1n) is 3.96. The van der Waals surface area contributed by atoms with Gasteiger partial charge in [0.1, 0.15) is 0 Å². The van der Waals surface area contributed by atoms with Crippen molar-refractivity contribution < 1.29 is 0 Å². The molecule has 0 nitrogen and oxygen atoms in total. The second-order valence-corrected chi connectivity index (χ2v) is 4.31. The summed E-state index contributed by atoms with van der Waals surface area (Å²) in [5, 5.41) is 0. The van der Waals surface area contributed by atoms with Gasteiger partial charge in [-0.3, -0.25) is 0 Å². The van der Waals surface area contributed by atoms with Crippen LogP contribution in [0.25, 0.3) is 0 Å². The van der Waals surface area contributed by atoms with Crippen molar-refractivity contribution in [2.75, 3.05) is 0 Å². The van der Waals surface area contributed by atoms with Gasteiger partial charge in [0.2, 0.25) is 0 Å². The van der Waals surface area contributed by atoms with Gasteiger partial charge in [-0.15, -0.1) is 5.92 Å². The molecule has 0 atom stereocenters. The van der Waals surface area contributed by atoms with Crippen LogP contribution >= 0.6 is 0 Å². The Bertz CT molecular complexity index is 186. The van der Waals surface area contributed by atoms with Gasteiger partial charge in [0, 0.05) is 11.8 Å². The highest BCUT2D eigenvalue weighted by Crippen LogP contribution is 2.43. The van der Waals surface area contributed by atoms with Gasteiger partial charge in [-0.05, 0) is 25.7 Å². The van der Waals surface area contributed by atoms with Gasteiger partial charge in [0.25, 0.3) is 0 Å². The highest BCUT2D eigenvalue weighted by molar-refractivity contribution is 5.17. The quantitative estimate of drug-likeness (QED) is 0.449. The molecule has 0 N–H and O–H groups in total. The highest BCUT2D eigenvalue weighted by atomic mass is 14.4. The van der Waals surface area contributed by atoms with Crippen molar-refractivity contribution in [3.05, 3.63) is 0 Å². The maximum Gasteiger partial charge on any atom is 0.0309 e. The van der Waals surface area contributed by atoms with Crippen LogP contribution in [0.1, 0.15) is 40.5 Å². The van der Waals surface area contributed by atoms with Crippen molar-refractivity contribution in [2.24, 2.45) is 10.8 Å². The third kappa shape index (κ3) is 1.06. The van der Waals surface area contributed by atoms with Crippen LogP contribution in [0.15, 0.2) is 0 Å². The van der Waals surface area contributed by atoms with Crippen LogP contribution in [0.2, 0.25) is 0 Å². The number of rotatable bonds is 0. The zero-order valence-corrected chi connectivity index (χ0v) is 7.41. The summed E-state index contributed by atoms with van der Waals surface area (Å²) in [5.74, 6) is 6.48. The Morgan fingerprint density at radius 1 is 1.10 bits per heavy atom. The van der Waals surface area contributed by atoms with E-state index in [1.807, 2.05) is 0 Å². The van der Waals surface area contributed by atoms with Crippen LogP contribution in [0.3, 0.4) is 0 Å². The van der Waals surface area contributed by atoms with E-state index in [1.54, 1.807) is 0 Å². The normalized spacial score (nSPS) is 26.8. The summed E-state index contributed by atoms with van der Waals surface area (Å²) in [6.45, 7) is 9.08. The molecule has 0 aromatic carbocycles. The fraction of sp³-hybridized carbons (Fsp3) is 0.800. The SMILES string of the molecule is CC1(C)C#CCCC1(C)C. The zero-order valence-electron chi connectivity index (χ0n) is 7.41. The largest absolute Gasteiger partial charge is 0.103 e. The van der Waals surface area contributed by atoms with Crippen molar-refractivity contribution in [1.82, 2.24) is 0 Å². The first-order chi connectivity index (χ1) is 4.46. The lowest BCUT2D eigenvalue weighted by Gasteiger charge is -2.39. The van der Waals surface area contributed by atoms with Gasteiger partial charge in [0.15, 0.2) is 0 Å². The molecule has 0 aromatic rings. The fourth-order valence-electron chi connectivity index (χ4n) is 1.14. The molecule has 1 aliphatic carbocycles. The average molecular weight is 136 g/mol. The molecule has 10 heavy (non-hydrogen) atoms. The van der Waals surface area contributed by atoms with Gasteiger partial charge in [0.05, 0.1) is 0 Å². The van der Waals surface area contributed by atoms with Gasteiger partial charge in [-0.25, -0.2) is 0 Å². The van der Waals surface area contributed by atoms with E-state index < -0.39 is 0 Å². The third-order valence-electron chi connectivity index (χ3n) is 2.97. The summed E-state index contributed by atoms with van der Waals surface area (Å²) >= 11 is 0. The zero-order chi connectivity index (χ0) is 7.83. The molecule has 0 saturated carbocycles. The molecule has 0 bridgehead atoms. The molecule has 0 heteroatoms. The van der Waals surface area contributed by atoms with E-state index in [-0.39, 0.29) is 5.41 Å². The molecule has 0 radical (unpaired) electrons. The van der Waals surface area contributed by atoms with Crippen molar-refractivity contribution in [3.8, 4) is 11.8 Å². The molecular weight excluding hydrogens is 120 g/mol. The van der Waals surface area contributed by atoms with Crippen LogP contribution in [-0.4, -0.2) is 0 Å². The van der Waals surface area contributed by atoms with Crippen molar-refractivity contribution in [1.29, 1.82) is 0 Å². The average Bonchev–Trinajstić information content (AvgIpc) is 1.77. The topological polar surface area (TPSA) is 0 Å². The minimum absolute atomic E-state index is 0.214. The Morgan fingerprint density at radius 3 is 2.00 bits per heavy atom. The smallest absolute Gasteiger partial charge is 0.0309 e. The molecule has 56 valence electrons. The molecule has 0 amide bonds. The Balaban J connectivity index is 2.93. The van der Waals surface area contributed by atoms with E-state index in [2.05, 4.69) is 39.5 Å². The summed E-state index contributed by atoms with van der Waals surface area (Å²) < 4.78 is 0. The van der Waals surface area contributed by atoms with Crippen molar-refractivity contribution in [3.63, 3.8) is 0 Å². The Labute approximate surface area is 64.0 Å². The van der Waals surface area contributed by atoms with Gasteiger partial charge in [-0.2, -0.15) is 0 Å². The lowest BCUT2D eigenvalue weighted by atomic mass is 9.64. The van der Waals surface area contributed by atoms with Crippen LogP contribution in [0.5, 0.6) is 0 Å². The maximum absolute atomic E-state index is 3.30. The minimum Gasteiger partial charge on any atom is -0.103 e. The molecule has 1 rings (SSSR count). The molecule has 0 unspecified atom stereocenters. The summed E-state index contributed by atoms with van der Waals surface area (Å²) in [7, 11) is 0. The Hall–Kier alpha value is -0.440. The second-order valence-electron chi connectivity index (χ2n) is 4.31. The van der Waals surface area contributed by atoms with Crippen molar-refractivity contribution in [2.45, 2.75) is 40.5 Å². The monoisotopic (exact) mass is 136 g/mol. The molecule has 0 aliphatic heterocycles. The van der Waals surface area contributed by atoms with Crippen LogP contribution in [0, 0.1) is 22.7 Å². The Morgan fingerprint density at radius 2 is 1.70 bits per heavy atom. The molecule has 0 fully saturated rings. The summed E-state index contributed by atoms with van der Waals surface area (Å²) in [6.07, 6.45) is 2.32. The molecule has 0 heterocycles. The Kier molecular flexibility index (Phi) is 1.55. The minimum atomic E-state index is 0.214. The summed E-state index contributed by atoms with van der Waals surface area (Å²) in [6, 6.07) is 0. The molecule has 0 saturated heterocycles. The highest BCUT2D eigenvalue weighted by Gasteiger charge is 2.36. The third-order valence-corrected chi connectivity index (χ3v) is 2.97. The van der Waals surface area contributed by atoms with E-state index in [0.717, 1.165) is 6.42 Å². The maximum atomic E-state index is 3.30. The van der Waals surface area contributed by atoms with Gasteiger partial charge in [-0.1, -0.05) is 19.8 Å². The van der Waals surface area contributed by atoms with Crippen LogP contribution < -0.4 is 0 Å². The van der Waals surface area contributed by atoms with Crippen LogP contribution in [-0.2, 0) is 0 Å². The first-order valence-corrected chi connectivity index (χ1v) is 3.96. The van der Waals surface area contributed by atoms with E-state index in [1.165, 1.54) is 6.42 Å². The van der Waals surface area contributed by atoms with E-state index in [4.69, 9.17) is 0 Å².